The number of imidazole rings is 1. The molecule has 0 fully saturated rings. The first kappa shape index (κ1) is 11.9. The maximum absolute atomic E-state index is 10.8. The lowest BCUT2D eigenvalue weighted by Crippen LogP contribution is -1.90. The highest BCUT2D eigenvalue weighted by atomic mass is 16.6. The van der Waals surface area contributed by atoms with Crippen LogP contribution in [0.5, 0.6) is 0 Å². The number of rotatable bonds is 4. The minimum absolute atomic E-state index is 0.0733. The van der Waals surface area contributed by atoms with Gasteiger partial charge in [-0.1, -0.05) is 12.1 Å². The van der Waals surface area contributed by atoms with Crippen LogP contribution in [0.1, 0.15) is 6.92 Å². The molecule has 0 bridgehead atoms. The highest BCUT2D eigenvalue weighted by Gasteiger charge is 2.11. The summed E-state index contributed by atoms with van der Waals surface area (Å²) in [4.78, 5) is 14.3. The molecule has 1 aromatic carbocycles. The number of aromatic nitrogens is 2. The van der Waals surface area contributed by atoms with Gasteiger partial charge in [0, 0.05) is 25.0 Å². The topological polar surface area (TPSA) is 85.7 Å². The molecule has 0 unspecified atom stereocenters. The van der Waals surface area contributed by atoms with Crippen molar-refractivity contribution in [3.63, 3.8) is 0 Å². The number of hydrogen-bond acceptors (Lipinski definition) is 5. The largest absolute Gasteiger partial charge is 0.315 e. The minimum Gasteiger partial charge on any atom is -0.315 e. The van der Waals surface area contributed by atoms with Gasteiger partial charge in [0.25, 0.3) is 5.69 Å². The third-order valence-electron chi connectivity index (χ3n) is 2.36. The van der Waals surface area contributed by atoms with Crippen LogP contribution in [0.15, 0.2) is 46.9 Å². The molecule has 92 valence electrons. The van der Waals surface area contributed by atoms with Crippen LogP contribution >= 0.6 is 0 Å². The second-order valence-corrected chi connectivity index (χ2v) is 3.46. The Bertz CT molecular complexity index is 591. The van der Waals surface area contributed by atoms with Gasteiger partial charge in [0.05, 0.1) is 4.92 Å². The molecule has 0 aliphatic rings. The fraction of sp³-hybridized carbons (Fsp3) is 0.182. The first-order valence-electron chi connectivity index (χ1n) is 5.38. The van der Waals surface area contributed by atoms with Gasteiger partial charge in [0.15, 0.2) is 5.69 Å². The van der Waals surface area contributed by atoms with E-state index in [1.165, 1.54) is 6.07 Å². The molecule has 1 aromatic heterocycles. The monoisotopic (exact) mass is 245 g/mol. The van der Waals surface area contributed by atoms with Crippen LogP contribution in [-0.2, 0) is 6.54 Å². The number of benzene rings is 1. The SMILES string of the molecule is CCn1ccnc1N=Nc1ccccc1[N+](=O)[O-]. The summed E-state index contributed by atoms with van der Waals surface area (Å²) in [6.45, 7) is 2.66. The zero-order valence-corrected chi connectivity index (χ0v) is 9.72. The molecule has 0 spiro atoms. The van der Waals surface area contributed by atoms with E-state index < -0.39 is 4.92 Å². The highest BCUT2D eigenvalue weighted by Crippen LogP contribution is 2.27. The summed E-state index contributed by atoms with van der Waals surface area (Å²) in [6, 6.07) is 6.19. The highest BCUT2D eigenvalue weighted by molar-refractivity contribution is 5.56. The summed E-state index contributed by atoms with van der Waals surface area (Å²) >= 11 is 0. The number of para-hydroxylation sites is 1. The minimum atomic E-state index is -0.485. The number of nitrogens with zero attached hydrogens (tertiary/aromatic N) is 5. The summed E-state index contributed by atoms with van der Waals surface area (Å²) < 4.78 is 1.79. The van der Waals surface area contributed by atoms with Crippen LogP contribution in [0, 0.1) is 10.1 Å². The molecule has 0 atom stereocenters. The number of nitro benzene ring substituents is 1. The maximum atomic E-state index is 10.8. The van der Waals surface area contributed by atoms with Crippen molar-refractivity contribution in [2.75, 3.05) is 0 Å². The van der Waals surface area contributed by atoms with Crippen molar-refractivity contribution < 1.29 is 4.92 Å². The average Bonchev–Trinajstić information content (AvgIpc) is 2.84. The Balaban J connectivity index is 2.32. The van der Waals surface area contributed by atoms with Gasteiger partial charge >= 0.3 is 0 Å². The number of nitro groups is 1. The van der Waals surface area contributed by atoms with Gasteiger partial charge in [-0.15, -0.1) is 10.2 Å². The lowest BCUT2D eigenvalue weighted by atomic mass is 10.3. The summed E-state index contributed by atoms with van der Waals surface area (Å²) in [5.41, 5.74) is 0.143. The molecule has 0 radical (unpaired) electrons. The van der Waals surface area contributed by atoms with E-state index in [1.807, 2.05) is 6.92 Å². The van der Waals surface area contributed by atoms with Crippen LogP contribution in [0.3, 0.4) is 0 Å². The van der Waals surface area contributed by atoms with E-state index in [2.05, 4.69) is 15.2 Å². The van der Waals surface area contributed by atoms with E-state index >= 15 is 0 Å². The summed E-state index contributed by atoms with van der Waals surface area (Å²) in [5.74, 6) is 0.427. The summed E-state index contributed by atoms with van der Waals surface area (Å²) in [7, 11) is 0. The summed E-state index contributed by atoms with van der Waals surface area (Å²) in [5, 5.41) is 18.6. The molecule has 0 aliphatic carbocycles. The van der Waals surface area contributed by atoms with Gasteiger partial charge in [-0.05, 0) is 13.0 Å². The van der Waals surface area contributed by atoms with Gasteiger partial charge in [0.2, 0.25) is 5.95 Å². The van der Waals surface area contributed by atoms with Gasteiger partial charge in [-0.3, -0.25) is 10.1 Å². The zero-order chi connectivity index (χ0) is 13.0. The third kappa shape index (κ3) is 2.40. The average molecular weight is 245 g/mol. The second kappa shape index (κ2) is 5.17. The van der Waals surface area contributed by atoms with Crippen LogP contribution in [0.4, 0.5) is 17.3 Å². The normalized spacial score (nSPS) is 10.9. The number of azo groups is 1. The van der Waals surface area contributed by atoms with E-state index in [-0.39, 0.29) is 11.4 Å². The zero-order valence-electron chi connectivity index (χ0n) is 9.72. The van der Waals surface area contributed by atoms with Crippen molar-refractivity contribution in [1.82, 2.24) is 9.55 Å². The standard InChI is InChI=1S/C11H11N5O2/c1-2-15-8-7-12-11(15)14-13-9-5-3-4-6-10(9)16(17)18/h3-8H,2H2,1H3. The Morgan fingerprint density at radius 3 is 2.89 bits per heavy atom. The van der Waals surface area contributed by atoms with Crippen molar-refractivity contribution in [2.24, 2.45) is 10.2 Å². The van der Waals surface area contributed by atoms with Gasteiger partial charge in [-0.2, -0.15) is 0 Å². The predicted molar refractivity (Wildman–Crippen MR) is 65.2 cm³/mol. The molecule has 0 N–H and O–H groups in total. The molecule has 18 heavy (non-hydrogen) atoms. The summed E-state index contributed by atoms with van der Waals surface area (Å²) in [6.07, 6.45) is 3.38. The smallest absolute Gasteiger partial charge is 0.296 e. The van der Waals surface area contributed by atoms with Crippen LogP contribution in [-0.4, -0.2) is 14.5 Å². The Morgan fingerprint density at radius 1 is 1.39 bits per heavy atom. The molecule has 1 heterocycles. The van der Waals surface area contributed by atoms with Crippen LogP contribution < -0.4 is 0 Å². The van der Waals surface area contributed by atoms with Crippen molar-refractivity contribution >= 4 is 17.3 Å². The van der Waals surface area contributed by atoms with Crippen molar-refractivity contribution in [3.8, 4) is 0 Å². The van der Waals surface area contributed by atoms with E-state index in [0.29, 0.717) is 12.5 Å². The second-order valence-electron chi connectivity index (χ2n) is 3.46. The molecular formula is C11H11N5O2. The van der Waals surface area contributed by atoms with Crippen LogP contribution in [0.2, 0.25) is 0 Å². The van der Waals surface area contributed by atoms with Gasteiger partial charge in [-0.25, -0.2) is 4.98 Å². The molecule has 7 nitrogen and oxygen atoms in total. The third-order valence-corrected chi connectivity index (χ3v) is 2.36. The molecular weight excluding hydrogens is 234 g/mol. The number of hydrogen-bond donors (Lipinski definition) is 0. The molecule has 0 saturated heterocycles. The van der Waals surface area contributed by atoms with Crippen LogP contribution in [0.25, 0.3) is 0 Å². The van der Waals surface area contributed by atoms with E-state index in [0.717, 1.165) is 0 Å². The maximum Gasteiger partial charge on any atom is 0.296 e. The predicted octanol–water partition coefficient (Wildman–Crippen LogP) is 3.23. The lowest BCUT2D eigenvalue weighted by Gasteiger charge is -1.98. The van der Waals surface area contributed by atoms with Crippen molar-refractivity contribution in [1.29, 1.82) is 0 Å². The van der Waals surface area contributed by atoms with Crippen molar-refractivity contribution in [3.05, 3.63) is 46.8 Å². The molecule has 0 amide bonds. The first-order valence-corrected chi connectivity index (χ1v) is 5.38. The fourth-order valence-electron chi connectivity index (χ4n) is 1.45. The molecule has 2 aromatic rings. The van der Waals surface area contributed by atoms with E-state index in [1.54, 1.807) is 35.2 Å². The van der Waals surface area contributed by atoms with E-state index in [9.17, 15) is 10.1 Å². The molecule has 7 heteroatoms. The quantitative estimate of drug-likeness (QED) is 0.470. The number of aryl methyl sites for hydroxylation is 1. The lowest BCUT2D eigenvalue weighted by molar-refractivity contribution is -0.384. The van der Waals surface area contributed by atoms with E-state index in [4.69, 9.17) is 0 Å². The van der Waals surface area contributed by atoms with Gasteiger partial charge < -0.3 is 4.57 Å². The molecule has 0 saturated carbocycles. The Kier molecular flexibility index (Phi) is 3.42. The Labute approximate surface area is 103 Å². The first-order chi connectivity index (χ1) is 8.72. The molecule has 2 rings (SSSR count). The Morgan fingerprint density at radius 2 is 2.17 bits per heavy atom. The van der Waals surface area contributed by atoms with Crippen molar-refractivity contribution in [2.45, 2.75) is 13.5 Å². The Hall–Kier alpha value is -2.57. The fourth-order valence-corrected chi connectivity index (χ4v) is 1.45. The molecule has 0 aliphatic heterocycles. The van der Waals surface area contributed by atoms with Gasteiger partial charge in [0.1, 0.15) is 0 Å².